The van der Waals surface area contributed by atoms with Crippen LogP contribution < -0.4 is 15.1 Å². The minimum absolute atomic E-state index is 0.00113. The minimum Gasteiger partial charge on any atom is -0.481 e. The molecule has 0 bridgehead atoms. The number of amides is 2. The van der Waals surface area contributed by atoms with Gasteiger partial charge in [0.2, 0.25) is 0 Å². The van der Waals surface area contributed by atoms with Crippen LogP contribution in [0.3, 0.4) is 0 Å². The summed E-state index contributed by atoms with van der Waals surface area (Å²) in [5.41, 5.74) is 5.55. The lowest BCUT2D eigenvalue weighted by molar-refractivity contribution is -0.142. The van der Waals surface area contributed by atoms with Crippen LogP contribution in [-0.2, 0) is 24.1 Å². The molecule has 0 radical (unpaired) electrons. The van der Waals surface area contributed by atoms with Gasteiger partial charge in [0.05, 0.1) is 5.92 Å². The molecule has 0 saturated carbocycles. The van der Waals surface area contributed by atoms with Gasteiger partial charge in [0, 0.05) is 24.5 Å². The molecule has 0 spiro atoms. The summed E-state index contributed by atoms with van der Waals surface area (Å²) in [7, 11) is 0. The number of carboxylic acid groups (broad SMARTS) is 1. The maximum atomic E-state index is 13.2. The minimum atomic E-state index is -0.720. The number of anilines is 2. The van der Waals surface area contributed by atoms with E-state index >= 15 is 0 Å². The van der Waals surface area contributed by atoms with Crippen molar-refractivity contribution in [3.05, 3.63) is 59.2 Å². The summed E-state index contributed by atoms with van der Waals surface area (Å²) < 4.78 is 0. The molecule has 1 unspecified atom stereocenters. The summed E-state index contributed by atoms with van der Waals surface area (Å²) in [4.78, 5) is 28.6. The van der Waals surface area contributed by atoms with Crippen LogP contribution in [-0.4, -0.2) is 43.3 Å². The number of carbonyl (C=O) groups excluding carboxylic acids is 1. The number of aliphatic carboxylic acids is 1. The second-order valence-electron chi connectivity index (χ2n) is 9.54. The van der Waals surface area contributed by atoms with Gasteiger partial charge in [-0.25, -0.2) is 4.79 Å². The quantitative estimate of drug-likeness (QED) is 0.485. The molecule has 2 aromatic rings. The van der Waals surface area contributed by atoms with Gasteiger partial charge in [0.1, 0.15) is 0 Å². The molecule has 1 saturated heterocycles. The largest absolute Gasteiger partial charge is 0.481 e. The molecule has 34 heavy (non-hydrogen) atoms. The Balaban J connectivity index is 1.39. The molecule has 2 heterocycles. The summed E-state index contributed by atoms with van der Waals surface area (Å²) in [6.45, 7) is 5.45. The van der Waals surface area contributed by atoms with Crippen LogP contribution in [0.1, 0.15) is 55.7 Å². The Hall–Kier alpha value is -2.86. The fourth-order valence-corrected chi connectivity index (χ4v) is 5.07. The first-order valence-corrected chi connectivity index (χ1v) is 12.8. The van der Waals surface area contributed by atoms with Crippen LogP contribution in [0.15, 0.2) is 42.5 Å². The van der Waals surface area contributed by atoms with Crippen molar-refractivity contribution in [2.75, 3.05) is 36.0 Å². The van der Waals surface area contributed by atoms with Gasteiger partial charge in [-0.05, 0) is 79.7 Å². The molecule has 6 nitrogen and oxygen atoms in total. The van der Waals surface area contributed by atoms with Crippen LogP contribution in [0.2, 0.25) is 0 Å². The third-order valence-corrected chi connectivity index (χ3v) is 7.14. The predicted molar refractivity (Wildman–Crippen MR) is 137 cm³/mol. The average molecular weight is 464 g/mol. The van der Waals surface area contributed by atoms with Crippen LogP contribution in [0.5, 0.6) is 0 Å². The Labute approximate surface area is 203 Å². The zero-order chi connectivity index (χ0) is 23.9. The molecule has 4 rings (SSSR count). The lowest BCUT2D eigenvalue weighted by atomic mass is 9.93. The number of carbonyl (C=O) groups is 2. The van der Waals surface area contributed by atoms with Crippen molar-refractivity contribution >= 4 is 23.4 Å². The zero-order valence-electron chi connectivity index (χ0n) is 20.3. The van der Waals surface area contributed by atoms with Gasteiger partial charge in [0.25, 0.3) is 0 Å². The Morgan fingerprint density at radius 2 is 1.62 bits per heavy atom. The lowest BCUT2D eigenvalue weighted by Crippen LogP contribution is -2.31. The fraction of sp³-hybridized carbons (Fsp3) is 0.500. The van der Waals surface area contributed by atoms with E-state index in [4.69, 9.17) is 0 Å². The number of nitrogens with one attached hydrogen (secondary N) is 1. The molecule has 2 aromatic carbocycles. The average Bonchev–Trinajstić information content (AvgIpc) is 3.07. The Kier molecular flexibility index (Phi) is 8.22. The summed E-state index contributed by atoms with van der Waals surface area (Å²) in [6.07, 6.45) is 7.63. The maximum absolute atomic E-state index is 13.2. The number of nitrogens with zero attached hydrogens (tertiary/aromatic N) is 2. The standard InChI is InChI=1S/C28H37N3O3/c1-2-3-4-5-6-24(27(32)33)19-21-7-10-25(11-8-21)30-17-18-31(28(30)34)26-12-9-22-13-15-29-16-14-23(22)20-26/h7-12,20,24,29H,2-6,13-19H2,1H3,(H,32,33). The third kappa shape index (κ3) is 5.79. The third-order valence-electron chi connectivity index (χ3n) is 7.14. The Morgan fingerprint density at radius 1 is 0.941 bits per heavy atom. The van der Waals surface area contributed by atoms with Gasteiger partial charge >= 0.3 is 12.0 Å². The van der Waals surface area contributed by atoms with Gasteiger partial charge in [0.15, 0.2) is 0 Å². The molecular formula is C28H37N3O3. The van der Waals surface area contributed by atoms with Crippen molar-refractivity contribution in [3.63, 3.8) is 0 Å². The molecular weight excluding hydrogens is 426 g/mol. The number of carboxylic acids is 1. The van der Waals surface area contributed by atoms with Gasteiger partial charge < -0.3 is 10.4 Å². The van der Waals surface area contributed by atoms with Gasteiger partial charge in [-0.2, -0.15) is 0 Å². The van der Waals surface area contributed by atoms with E-state index in [1.165, 1.54) is 11.1 Å². The highest BCUT2D eigenvalue weighted by Gasteiger charge is 2.31. The summed E-state index contributed by atoms with van der Waals surface area (Å²) >= 11 is 0. The van der Waals surface area contributed by atoms with Crippen molar-refractivity contribution in [2.24, 2.45) is 5.92 Å². The van der Waals surface area contributed by atoms with Crippen molar-refractivity contribution < 1.29 is 14.7 Å². The van der Waals surface area contributed by atoms with Crippen molar-refractivity contribution in [1.82, 2.24) is 5.32 Å². The maximum Gasteiger partial charge on any atom is 0.329 e. The van der Waals surface area contributed by atoms with Gasteiger partial charge in [-0.15, -0.1) is 0 Å². The van der Waals surface area contributed by atoms with Crippen molar-refractivity contribution in [2.45, 2.75) is 58.3 Å². The first-order chi connectivity index (χ1) is 16.6. The van der Waals surface area contributed by atoms with Gasteiger partial charge in [-0.3, -0.25) is 14.6 Å². The van der Waals surface area contributed by atoms with E-state index in [0.717, 1.165) is 68.6 Å². The molecule has 0 aliphatic carbocycles. The molecule has 1 atom stereocenters. The number of hydrogen-bond acceptors (Lipinski definition) is 3. The van der Waals surface area contributed by atoms with Crippen LogP contribution in [0, 0.1) is 5.92 Å². The van der Waals surface area contributed by atoms with Crippen molar-refractivity contribution in [3.8, 4) is 0 Å². The molecule has 2 aliphatic heterocycles. The number of benzene rings is 2. The summed E-state index contributed by atoms with van der Waals surface area (Å²) in [6, 6.07) is 14.3. The SMILES string of the molecule is CCCCCCC(Cc1ccc(N2CCN(c3ccc4c(c3)CCNCC4)C2=O)cc1)C(=O)O. The Morgan fingerprint density at radius 3 is 2.32 bits per heavy atom. The topological polar surface area (TPSA) is 72.9 Å². The van der Waals surface area contributed by atoms with Gasteiger partial charge in [-0.1, -0.05) is 50.8 Å². The molecule has 2 amide bonds. The van der Waals surface area contributed by atoms with E-state index in [1.807, 2.05) is 34.1 Å². The van der Waals surface area contributed by atoms with Crippen LogP contribution in [0.25, 0.3) is 0 Å². The first-order valence-electron chi connectivity index (χ1n) is 12.8. The van der Waals surface area contributed by atoms with E-state index < -0.39 is 5.97 Å². The lowest BCUT2D eigenvalue weighted by Gasteiger charge is -2.20. The van der Waals surface area contributed by atoms with E-state index in [-0.39, 0.29) is 11.9 Å². The van der Waals surface area contributed by atoms with E-state index in [9.17, 15) is 14.7 Å². The number of rotatable bonds is 10. The Bertz CT molecular complexity index is 989. The van der Waals surface area contributed by atoms with E-state index in [1.54, 1.807) is 0 Å². The number of hydrogen-bond donors (Lipinski definition) is 2. The fourth-order valence-electron chi connectivity index (χ4n) is 5.07. The number of urea groups is 1. The molecule has 2 N–H and O–H groups in total. The molecule has 2 aliphatic rings. The van der Waals surface area contributed by atoms with Crippen LogP contribution in [0.4, 0.5) is 16.2 Å². The number of fused-ring (bicyclic) bond motifs is 1. The highest BCUT2D eigenvalue weighted by atomic mass is 16.4. The monoisotopic (exact) mass is 463 g/mol. The molecule has 6 heteroatoms. The summed E-state index contributed by atoms with van der Waals surface area (Å²) in [5, 5.41) is 13.1. The summed E-state index contributed by atoms with van der Waals surface area (Å²) in [5.74, 6) is -1.07. The first kappa shape index (κ1) is 24.3. The highest BCUT2D eigenvalue weighted by Crippen LogP contribution is 2.28. The second kappa shape index (κ2) is 11.5. The normalized spacial score (nSPS) is 16.9. The van der Waals surface area contributed by atoms with E-state index in [2.05, 4.69) is 30.4 Å². The predicted octanol–water partition coefficient (Wildman–Crippen LogP) is 5.04. The van der Waals surface area contributed by atoms with E-state index in [0.29, 0.717) is 25.9 Å². The molecule has 182 valence electrons. The zero-order valence-corrected chi connectivity index (χ0v) is 20.3. The molecule has 0 aromatic heterocycles. The van der Waals surface area contributed by atoms with Crippen LogP contribution >= 0.6 is 0 Å². The highest BCUT2D eigenvalue weighted by molar-refractivity contribution is 6.06. The number of unbranched alkanes of at least 4 members (excludes halogenated alkanes) is 3. The smallest absolute Gasteiger partial charge is 0.329 e. The second-order valence-corrected chi connectivity index (χ2v) is 9.54. The van der Waals surface area contributed by atoms with Crippen molar-refractivity contribution in [1.29, 1.82) is 0 Å². The molecule has 1 fully saturated rings.